The average molecular weight is 479 g/mol. The Hall–Kier alpha value is -2.51. The standard InChI is InChI=1S/C25H34N2O5.ClH/c1-25(2,3)23-12-16-11-22(32-10-8-6-5-7-9-26)21(31-4)13-17(16)19-14-20(28)18(24(29)30)15-27(19)23;/h11,13-15,23H,5-10,12,26H2,1-4H3,(H,29,30);1H. The van der Waals surface area contributed by atoms with Crippen molar-refractivity contribution in [2.75, 3.05) is 20.3 Å². The Kier molecular flexibility index (Phi) is 8.97. The SMILES string of the molecule is COc1cc2c(cc1OCCCCCCN)CC(C(C)(C)C)n1cc(C(=O)O)c(=O)cc1-2.Cl. The van der Waals surface area contributed by atoms with Crippen molar-refractivity contribution in [3.8, 4) is 22.8 Å². The molecular formula is C25H35ClN2O5. The third-order valence-corrected chi connectivity index (χ3v) is 6.08. The van der Waals surface area contributed by atoms with Crippen LogP contribution in [0.1, 0.15) is 68.4 Å². The Morgan fingerprint density at radius 3 is 2.45 bits per heavy atom. The molecule has 7 nitrogen and oxygen atoms in total. The molecule has 1 atom stereocenters. The number of nitrogens with two attached hydrogens (primary N) is 1. The number of carboxylic acids is 1. The molecule has 182 valence electrons. The van der Waals surface area contributed by atoms with Gasteiger partial charge in [0.2, 0.25) is 0 Å². The summed E-state index contributed by atoms with van der Waals surface area (Å²) in [6.45, 7) is 7.67. The fraction of sp³-hybridized carbons (Fsp3) is 0.520. The lowest BCUT2D eigenvalue weighted by Crippen LogP contribution is -2.32. The molecule has 3 rings (SSSR count). The van der Waals surface area contributed by atoms with Crippen LogP contribution in [0.25, 0.3) is 11.3 Å². The molecule has 0 amide bonds. The number of ether oxygens (including phenoxy) is 2. The van der Waals surface area contributed by atoms with Gasteiger partial charge in [-0.15, -0.1) is 12.4 Å². The smallest absolute Gasteiger partial charge is 0.341 e. The minimum absolute atomic E-state index is 0. The molecule has 0 radical (unpaired) electrons. The summed E-state index contributed by atoms with van der Waals surface area (Å²) in [7, 11) is 1.59. The molecule has 3 N–H and O–H groups in total. The number of methoxy groups -OCH3 is 1. The summed E-state index contributed by atoms with van der Waals surface area (Å²) in [6.07, 6.45) is 6.32. The molecule has 0 aliphatic carbocycles. The molecule has 0 bridgehead atoms. The van der Waals surface area contributed by atoms with Crippen molar-refractivity contribution in [3.63, 3.8) is 0 Å². The highest BCUT2D eigenvalue weighted by atomic mass is 35.5. The van der Waals surface area contributed by atoms with Crippen LogP contribution in [0.15, 0.2) is 29.2 Å². The van der Waals surface area contributed by atoms with Crippen LogP contribution in [0.4, 0.5) is 0 Å². The topological polar surface area (TPSA) is 104 Å². The van der Waals surface area contributed by atoms with Crippen molar-refractivity contribution in [1.29, 1.82) is 0 Å². The number of carboxylic acid groups (broad SMARTS) is 1. The summed E-state index contributed by atoms with van der Waals surface area (Å²) < 4.78 is 13.6. The predicted molar refractivity (Wildman–Crippen MR) is 132 cm³/mol. The average Bonchev–Trinajstić information content (AvgIpc) is 2.73. The molecule has 8 heteroatoms. The monoisotopic (exact) mass is 478 g/mol. The molecular weight excluding hydrogens is 444 g/mol. The molecule has 0 spiro atoms. The number of carbonyl (C=O) groups is 1. The Morgan fingerprint density at radius 2 is 1.85 bits per heavy atom. The van der Waals surface area contributed by atoms with Crippen LogP contribution in [0.3, 0.4) is 0 Å². The van der Waals surface area contributed by atoms with Crippen molar-refractivity contribution in [2.24, 2.45) is 11.1 Å². The van der Waals surface area contributed by atoms with Gasteiger partial charge in [-0.2, -0.15) is 0 Å². The van der Waals surface area contributed by atoms with Crippen molar-refractivity contribution in [1.82, 2.24) is 4.57 Å². The second-order valence-corrected chi connectivity index (χ2v) is 9.45. The number of fused-ring (bicyclic) bond motifs is 3. The molecule has 33 heavy (non-hydrogen) atoms. The molecule has 1 unspecified atom stereocenters. The maximum Gasteiger partial charge on any atom is 0.341 e. The van der Waals surface area contributed by atoms with Gasteiger partial charge in [-0.1, -0.05) is 33.6 Å². The van der Waals surface area contributed by atoms with Crippen molar-refractivity contribution < 1.29 is 19.4 Å². The van der Waals surface area contributed by atoms with E-state index in [4.69, 9.17) is 15.2 Å². The second-order valence-electron chi connectivity index (χ2n) is 9.45. The number of nitrogens with zero attached hydrogens (tertiary/aromatic N) is 1. The fourth-order valence-corrected chi connectivity index (χ4v) is 4.28. The third kappa shape index (κ3) is 5.89. The zero-order chi connectivity index (χ0) is 23.5. The molecule has 2 aromatic rings. The van der Waals surface area contributed by atoms with Crippen LogP contribution in [0, 0.1) is 5.41 Å². The molecule has 1 aromatic carbocycles. The van der Waals surface area contributed by atoms with Crippen LogP contribution in [0.5, 0.6) is 11.5 Å². The first-order valence-electron chi connectivity index (χ1n) is 11.2. The van der Waals surface area contributed by atoms with E-state index in [9.17, 15) is 14.7 Å². The Balaban J connectivity index is 0.00000385. The van der Waals surface area contributed by atoms with Gasteiger partial charge in [0.1, 0.15) is 5.56 Å². The highest BCUT2D eigenvalue weighted by molar-refractivity contribution is 5.88. The number of rotatable bonds is 9. The van der Waals surface area contributed by atoms with Gasteiger partial charge in [0.15, 0.2) is 16.9 Å². The van der Waals surface area contributed by atoms with E-state index in [1.165, 1.54) is 12.3 Å². The van der Waals surface area contributed by atoms with E-state index in [0.717, 1.165) is 36.8 Å². The van der Waals surface area contributed by atoms with E-state index < -0.39 is 11.4 Å². The lowest BCUT2D eigenvalue weighted by molar-refractivity contribution is 0.0693. The zero-order valence-corrected chi connectivity index (χ0v) is 20.7. The van der Waals surface area contributed by atoms with Crippen LogP contribution in [-0.2, 0) is 6.42 Å². The molecule has 1 aromatic heterocycles. The number of unbranched alkanes of at least 4 members (excludes halogenated alkanes) is 3. The Morgan fingerprint density at radius 1 is 1.15 bits per heavy atom. The number of aromatic carboxylic acids is 1. The highest BCUT2D eigenvalue weighted by Gasteiger charge is 2.34. The first-order valence-corrected chi connectivity index (χ1v) is 11.2. The summed E-state index contributed by atoms with van der Waals surface area (Å²) in [5.41, 5.74) is 7.31. The minimum Gasteiger partial charge on any atom is -0.493 e. The van der Waals surface area contributed by atoms with Gasteiger partial charge < -0.3 is 24.9 Å². The third-order valence-electron chi connectivity index (χ3n) is 6.08. The highest BCUT2D eigenvalue weighted by Crippen LogP contribution is 2.45. The van der Waals surface area contributed by atoms with Crippen LogP contribution >= 0.6 is 12.4 Å². The maximum atomic E-state index is 12.5. The first kappa shape index (κ1) is 26.7. The van der Waals surface area contributed by atoms with E-state index in [1.807, 2.05) is 16.7 Å². The van der Waals surface area contributed by atoms with Crippen LogP contribution in [0.2, 0.25) is 0 Å². The Bertz CT molecular complexity index is 1040. The summed E-state index contributed by atoms with van der Waals surface area (Å²) in [5.74, 6) is 0.0773. The number of halogens is 1. The number of pyridine rings is 1. The zero-order valence-electron chi connectivity index (χ0n) is 19.8. The van der Waals surface area contributed by atoms with Gasteiger partial charge >= 0.3 is 5.97 Å². The molecule has 0 fully saturated rings. The van der Waals surface area contributed by atoms with E-state index in [2.05, 4.69) is 20.8 Å². The van der Waals surface area contributed by atoms with Gasteiger partial charge in [0.25, 0.3) is 0 Å². The summed E-state index contributed by atoms with van der Waals surface area (Å²) in [5, 5.41) is 9.46. The van der Waals surface area contributed by atoms with Gasteiger partial charge in [-0.25, -0.2) is 4.79 Å². The predicted octanol–water partition coefficient (Wildman–Crippen LogP) is 4.69. The van der Waals surface area contributed by atoms with E-state index >= 15 is 0 Å². The van der Waals surface area contributed by atoms with Gasteiger partial charge in [-0.3, -0.25) is 4.79 Å². The summed E-state index contributed by atoms with van der Waals surface area (Å²) in [6, 6.07) is 5.31. The van der Waals surface area contributed by atoms with E-state index in [1.54, 1.807) is 7.11 Å². The van der Waals surface area contributed by atoms with Gasteiger partial charge in [0, 0.05) is 23.9 Å². The minimum atomic E-state index is -1.21. The van der Waals surface area contributed by atoms with E-state index in [0.29, 0.717) is 36.8 Å². The van der Waals surface area contributed by atoms with Gasteiger partial charge in [0.05, 0.1) is 19.4 Å². The number of benzene rings is 1. The van der Waals surface area contributed by atoms with Crippen LogP contribution in [-0.4, -0.2) is 35.9 Å². The number of aromatic nitrogens is 1. The fourth-order valence-electron chi connectivity index (χ4n) is 4.28. The molecule has 0 saturated carbocycles. The molecule has 1 aliphatic rings. The van der Waals surface area contributed by atoms with Crippen molar-refractivity contribution in [3.05, 3.63) is 45.7 Å². The molecule has 1 aliphatic heterocycles. The Labute approximate surface area is 201 Å². The van der Waals surface area contributed by atoms with Crippen molar-refractivity contribution >= 4 is 18.4 Å². The lowest BCUT2D eigenvalue weighted by atomic mass is 9.78. The number of hydrogen-bond donors (Lipinski definition) is 2. The van der Waals surface area contributed by atoms with E-state index in [-0.39, 0.29) is 29.4 Å². The van der Waals surface area contributed by atoms with Gasteiger partial charge in [-0.05, 0) is 48.9 Å². The summed E-state index contributed by atoms with van der Waals surface area (Å²) in [4.78, 5) is 24.1. The largest absolute Gasteiger partial charge is 0.493 e. The molecule has 0 saturated heterocycles. The lowest BCUT2D eigenvalue weighted by Gasteiger charge is -2.39. The maximum absolute atomic E-state index is 12.5. The quantitative estimate of drug-likeness (QED) is 0.507. The van der Waals surface area contributed by atoms with Crippen LogP contribution < -0.4 is 20.6 Å². The number of hydrogen-bond acceptors (Lipinski definition) is 5. The normalized spacial score (nSPS) is 14.6. The molecule has 2 heterocycles. The second kappa shape index (κ2) is 11.1. The van der Waals surface area contributed by atoms with Crippen molar-refractivity contribution in [2.45, 2.75) is 58.9 Å². The summed E-state index contributed by atoms with van der Waals surface area (Å²) >= 11 is 0. The first-order chi connectivity index (χ1) is 15.2.